The number of nitrogens with zero attached hydrogens (tertiary/aromatic N) is 2. The summed E-state index contributed by atoms with van der Waals surface area (Å²) in [7, 11) is 0. The second kappa shape index (κ2) is 7.62. The lowest BCUT2D eigenvalue weighted by molar-refractivity contribution is -0.116. The number of anilines is 1. The van der Waals surface area contributed by atoms with Crippen LogP contribution in [-0.4, -0.2) is 21.1 Å². The highest BCUT2D eigenvalue weighted by atomic mass is 35.5. The van der Waals surface area contributed by atoms with Gasteiger partial charge in [-0.15, -0.1) is 12.4 Å². The summed E-state index contributed by atoms with van der Waals surface area (Å²) >= 11 is 0. The molecule has 20 heavy (non-hydrogen) atoms. The van der Waals surface area contributed by atoms with Crippen molar-refractivity contribution in [3.8, 4) is 11.4 Å². The highest BCUT2D eigenvalue weighted by molar-refractivity contribution is 5.90. The molecule has 0 aliphatic heterocycles. The summed E-state index contributed by atoms with van der Waals surface area (Å²) in [5, 5.41) is 9.67. The molecule has 2 rings (SSSR count). The lowest BCUT2D eigenvalue weighted by atomic mass is 10.2. The zero-order valence-electron chi connectivity index (χ0n) is 11.2. The SMILES string of the molecule is CCCC(=O)Nc1ccc(-c2n[nH]c(CN)n2)cc1.Cl. The van der Waals surface area contributed by atoms with Crippen LogP contribution >= 0.6 is 12.4 Å². The number of halogens is 1. The molecule has 0 bridgehead atoms. The van der Waals surface area contributed by atoms with Crippen LogP contribution in [0.1, 0.15) is 25.6 Å². The van der Waals surface area contributed by atoms with Gasteiger partial charge in [-0.1, -0.05) is 6.92 Å². The fourth-order valence-corrected chi connectivity index (χ4v) is 1.67. The van der Waals surface area contributed by atoms with E-state index in [1.54, 1.807) is 0 Å². The van der Waals surface area contributed by atoms with E-state index >= 15 is 0 Å². The van der Waals surface area contributed by atoms with Crippen molar-refractivity contribution < 1.29 is 4.79 Å². The molecular formula is C13H18ClN5O. The Morgan fingerprint density at radius 2 is 2.05 bits per heavy atom. The van der Waals surface area contributed by atoms with E-state index in [0.717, 1.165) is 17.7 Å². The molecule has 0 radical (unpaired) electrons. The fraction of sp³-hybridized carbons (Fsp3) is 0.308. The molecule has 0 saturated carbocycles. The largest absolute Gasteiger partial charge is 0.326 e. The Balaban J connectivity index is 0.00000200. The Labute approximate surface area is 123 Å². The number of aromatic amines is 1. The Morgan fingerprint density at radius 3 is 2.60 bits per heavy atom. The van der Waals surface area contributed by atoms with E-state index in [9.17, 15) is 4.79 Å². The molecule has 1 aromatic heterocycles. The third-order valence-electron chi connectivity index (χ3n) is 2.63. The van der Waals surface area contributed by atoms with Crippen molar-refractivity contribution in [3.63, 3.8) is 0 Å². The van der Waals surface area contributed by atoms with Gasteiger partial charge >= 0.3 is 0 Å². The van der Waals surface area contributed by atoms with Crippen molar-refractivity contribution in [1.29, 1.82) is 0 Å². The maximum Gasteiger partial charge on any atom is 0.224 e. The first-order valence-corrected chi connectivity index (χ1v) is 6.24. The smallest absolute Gasteiger partial charge is 0.224 e. The van der Waals surface area contributed by atoms with E-state index in [1.165, 1.54) is 0 Å². The third-order valence-corrected chi connectivity index (χ3v) is 2.63. The topological polar surface area (TPSA) is 96.7 Å². The normalized spacial score (nSPS) is 9.90. The van der Waals surface area contributed by atoms with Crippen LogP contribution in [0, 0.1) is 0 Å². The van der Waals surface area contributed by atoms with Gasteiger partial charge in [0.1, 0.15) is 5.82 Å². The first kappa shape index (κ1) is 16.1. The Bertz CT molecular complexity index is 552. The molecule has 0 fully saturated rings. The molecule has 0 atom stereocenters. The van der Waals surface area contributed by atoms with Gasteiger partial charge in [-0.3, -0.25) is 9.89 Å². The number of hydrogen-bond donors (Lipinski definition) is 3. The number of H-pyrrole nitrogens is 1. The van der Waals surface area contributed by atoms with E-state index in [-0.39, 0.29) is 18.3 Å². The highest BCUT2D eigenvalue weighted by Crippen LogP contribution is 2.18. The number of carbonyl (C=O) groups is 1. The second-order valence-corrected chi connectivity index (χ2v) is 4.19. The van der Waals surface area contributed by atoms with Crippen LogP contribution in [0.2, 0.25) is 0 Å². The van der Waals surface area contributed by atoms with Gasteiger partial charge in [0.25, 0.3) is 0 Å². The number of rotatable bonds is 5. The quantitative estimate of drug-likeness (QED) is 0.787. The van der Waals surface area contributed by atoms with Crippen molar-refractivity contribution in [1.82, 2.24) is 15.2 Å². The molecule has 0 unspecified atom stereocenters. The molecule has 108 valence electrons. The van der Waals surface area contributed by atoms with Gasteiger partial charge in [0.05, 0.1) is 6.54 Å². The van der Waals surface area contributed by atoms with Crippen LogP contribution in [0.3, 0.4) is 0 Å². The second-order valence-electron chi connectivity index (χ2n) is 4.19. The molecule has 1 heterocycles. The van der Waals surface area contributed by atoms with Crippen LogP contribution in [0.5, 0.6) is 0 Å². The third kappa shape index (κ3) is 4.04. The van der Waals surface area contributed by atoms with Crippen molar-refractivity contribution in [2.24, 2.45) is 5.73 Å². The monoisotopic (exact) mass is 295 g/mol. The van der Waals surface area contributed by atoms with Crippen LogP contribution in [0.25, 0.3) is 11.4 Å². The van der Waals surface area contributed by atoms with Gasteiger partial charge in [0.2, 0.25) is 5.91 Å². The lowest BCUT2D eigenvalue weighted by Gasteiger charge is -2.04. The number of nitrogens with two attached hydrogens (primary N) is 1. The zero-order valence-corrected chi connectivity index (χ0v) is 12.0. The summed E-state index contributed by atoms with van der Waals surface area (Å²) in [6.45, 7) is 2.30. The summed E-state index contributed by atoms with van der Waals surface area (Å²) in [6.07, 6.45) is 1.37. The predicted octanol–water partition coefficient (Wildman–Crippen LogP) is 2.09. The van der Waals surface area contributed by atoms with E-state index < -0.39 is 0 Å². The summed E-state index contributed by atoms with van der Waals surface area (Å²) < 4.78 is 0. The molecule has 0 spiro atoms. The maximum absolute atomic E-state index is 11.5. The molecule has 0 aliphatic carbocycles. The number of hydrogen-bond acceptors (Lipinski definition) is 4. The minimum absolute atomic E-state index is 0. The average Bonchev–Trinajstić information content (AvgIpc) is 2.88. The van der Waals surface area contributed by atoms with Gasteiger partial charge in [-0.05, 0) is 30.7 Å². The lowest BCUT2D eigenvalue weighted by Crippen LogP contribution is -2.10. The molecule has 2 aromatic rings. The minimum atomic E-state index is 0. The molecule has 6 nitrogen and oxygen atoms in total. The van der Waals surface area contributed by atoms with Gasteiger partial charge < -0.3 is 11.1 Å². The number of carbonyl (C=O) groups excluding carboxylic acids is 1. The first-order valence-electron chi connectivity index (χ1n) is 6.24. The van der Waals surface area contributed by atoms with E-state index in [2.05, 4.69) is 20.5 Å². The van der Waals surface area contributed by atoms with E-state index in [1.807, 2.05) is 31.2 Å². The van der Waals surface area contributed by atoms with Crippen LogP contribution in [0.4, 0.5) is 5.69 Å². The fourth-order valence-electron chi connectivity index (χ4n) is 1.67. The van der Waals surface area contributed by atoms with Crippen molar-refractivity contribution >= 4 is 24.0 Å². The number of benzene rings is 1. The molecule has 4 N–H and O–H groups in total. The minimum Gasteiger partial charge on any atom is -0.326 e. The van der Waals surface area contributed by atoms with Gasteiger partial charge in [-0.25, -0.2) is 4.98 Å². The summed E-state index contributed by atoms with van der Waals surface area (Å²) in [4.78, 5) is 15.7. The first-order chi connectivity index (χ1) is 9.22. The van der Waals surface area contributed by atoms with E-state index in [4.69, 9.17) is 5.73 Å². The molecule has 1 amide bonds. The summed E-state index contributed by atoms with van der Waals surface area (Å²) in [6, 6.07) is 7.40. The zero-order chi connectivity index (χ0) is 13.7. The summed E-state index contributed by atoms with van der Waals surface area (Å²) in [5.41, 5.74) is 7.12. The van der Waals surface area contributed by atoms with Crippen molar-refractivity contribution in [2.75, 3.05) is 5.32 Å². The van der Waals surface area contributed by atoms with E-state index in [0.29, 0.717) is 24.6 Å². The number of amides is 1. The maximum atomic E-state index is 11.5. The van der Waals surface area contributed by atoms with Gasteiger partial charge in [-0.2, -0.15) is 5.10 Å². The Morgan fingerprint density at radius 1 is 1.35 bits per heavy atom. The highest BCUT2D eigenvalue weighted by Gasteiger charge is 2.05. The van der Waals surface area contributed by atoms with Gasteiger partial charge in [0.15, 0.2) is 5.82 Å². The molecule has 1 aromatic carbocycles. The van der Waals surface area contributed by atoms with Crippen molar-refractivity contribution in [3.05, 3.63) is 30.1 Å². The average molecular weight is 296 g/mol. The molecule has 7 heteroatoms. The predicted molar refractivity (Wildman–Crippen MR) is 80.5 cm³/mol. The summed E-state index contributed by atoms with van der Waals surface area (Å²) in [5.74, 6) is 1.28. The Kier molecular flexibility index (Phi) is 6.14. The standard InChI is InChI=1S/C13H17N5O.ClH/c1-2-3-12(19)15-10-6-4-9(5-7-10)13-16-11(8-14)17-18-13;/h4-7H,2-3,8,14H2,1H3,(H,15,19)(H,16,17,18);1H. The molecule has 0 aliphatic rings. The van der Waals surface area contributed by atoms with Crippen molar-refractivity contribution in [2.45, 2.75) is 26.3 Å². The number of nitrogens with one attached hydrogen (secondary N) is 2. The molecular weight excluding hydrogens is 278 g/mol. The van der Waals surface area contributed by atoms with Crippen LogP contribution < -0.4 is 11.1 Å². The molecule has 0 saturated heterocycles. The van der Waals surface area contributed by atoms with Gasteiger partial charge in [0, 0.05) is 17.7 Å². The Hall–Kier alpha value is -1.92. The number of aromatic nitrogens is 3. The van der Waals surface area contributed by atoms with Crippen LogP contribution in [-0.2, 0) is 11.3 Å². The van der Waals surface area contributed by atoms with Crippen LogP contribution in [0.15, 0.2) is 24.3 Å².